The maximum atomic E-state index is 12.4. The largest absolute Gasteiger partial charge is 0.573 e. The molecular formula is C24H23F3N4O3. The Morgan fingerprint density at radius 3 is 2.53 bits per heavy atom. The number of nitrogens with zero attached hydrogens (tertiary/aromatic N) is 3. The van der Waals surface area contributed by atoms with Crippen LogP contribution in [-0.4, -0.2) is 41.6 Å². The van der Waals surface area contributed by atoms with E-state index in [1.165, 1.54) is 12.1 Å². The van der Waals surface area contributed by atoms with Crippen LogP contribution in [-0.2, 0) is 6.54 Å². The Balaban J connectivity index is 1.39. The van der Waals surface area contributed by atoms with Gasteiger partial charge in [0, 0.05) is 31.0 Å². The third kappa shape index (κ3) is 6.16. The fraction of sp³-hybridized carbons (Fsp3) is 0.250. The van der Waals surface area contributed by atoms with Crippen LogP contribution in [0.4, 0.5) is 29.3 Å². The van der Waals surface area contributed by atoms with Crippen LogP contribution in [0.5, 0.6) is 11.5 Å². The van der Waals surface area contributed by atoms with Crippen LogP contribution < -0.4 is 19.7 Å². The number of anilines is 2. The summed E-state index contributed by atoms with van der Waals surface area (Å²) in [7, 11) is 0. The summed E-state index contributed by atoms with van der Waals surface area (Å²) < 4.78 is 46.4. The SMILES string of the molecule is CC1CN(c2ccc(OC(F)(F)F)cc2)CN1Cc1ccncc1NC(=O)Oc1ccccc1. The lowest BCUT2D eigenvalue weighted by atomic mass is 10.2. The van der Waals surface area contributed by atoms with Gasteiger partial charge in [-0.2, -0.15) is 0 Å². The molecule has 34 heavy (non-hydrogen) atoms. The first kappa shape index (κ1) is 23.4. The first-order valence-corrected chi connectivity index (χ1v) is 10.6. The van der Waals surface area contributed by atoms with E-state index in [1.807, 2.05) is 12.1 Å². The van der Waals surface area contributed by atoms with Gasteiger partial charge >= 0.3 is 12.5 Å². The highest BCUT2D eigenvalue weighted by Gasteiger charge is 2.31. The van der Waals surface area contributed by atoms with Gasteiger partial charge in [0.25, 0.3) is 0 Å². The van der Waals surface area contributed by atoms with Gasteiger partial charge in [0.2, 0.25) is 0 Å². The van der Waals surface area contributed by atoms with Gasteiger partial charge in [-0.05, 0) is 55.0 Å². The minimum atomic E-state index is -4.72. The molecule has 0 radical (unpaired) electrons. The number of hydrogen-bond donors (Lipinski definition) is 1. The van der Waals surface area contributed by atoms with E-state index in [-0.39, 0.29) is 11.8 Å². The van der Waals surface area contributed by atoms with Crippen molar-refractivity contribution in [1.29, 1.82) is 0 Å². The summed E-state index contributed by atoms with van der Waals surface area (Å²) in [6.45, 7) is 3.87. The molecule has 1 saturated heterocycles. The number of carbonyl (C=O) groups excluding carboxylic acids is 1. The Morgan fingerprint density at radius 2 is 1.82 bits per heavy atom. The summed E-state index contributed by atoms with van der Waals surface area (Å²) in [6, 6.07) is 16.6. The number of benzene rings is 2. The average Bonchev–Trinajstić information content (AvgIpc) is 3.15. The normalized spacial score (nSPS) is 16.4. The number of alkyl halides is 3. The lowest BCUT2D eigenvalue weighted by molar-refractivity contribution is -0.274. The third-order valence-electron chi connectivity index (χ3n) is 5.37. The summed E-state index contributed by atoms with van der Waals surface area (Å²) in [4.78, 5) is 20.7. The molecule has 1 aliphatic heterocycles. The van der Waals surface area contributed by atoms with Crippen molar-refractivity contribution in [2.45, 2.75) is 25.9 Å². The number of rotatable bonds is 6. The Kier molecular flexibility index (Phi) is 6.87. The number of para-hydroxylation sites is 1. The Bertz CT molecular complexity index is 1110. The monoisotopic (exact) mass is 472 g/mol. The molecule has 7 nitrogen and oxygen atoms in total. The molecule has 0 aliphatic carbocycles. The van der Waals surface area contributed by atoms with Crippen molar-refractivity contribution in [3.8, 4) is 11.5 Å². The summed E-state index contributed by atoms with van der Waals surface area (Å²) >= 11 is 0. The number of hydrogen-bond acceptors (Lipinski definition) is 6. The van der Waals surface area contributed by atoms with Crippen LogP contribution >= 0.6 is 0 Å². The smallest absolute Gasteiger partial charge is 0.410 e. The molecule has 1 aliphatic rings. The molecule has 1 N–H and O–H groups in total. The van der Waals surface area contributed by atoms with E-state index in [1.54, 1.807) is 48.8 Å². The second-order valence-corrected chi connectivity index (χ2v) is 7.86. The minimum absolute atomic E-state index is 0.170. The van der Waals surface area contributed by atoms with Crippen LogP contribution in [0.2, 0.25) is 0 Å². The highest BCUT2D eigenvalue weighted by atomic mass is 19.4. The maximum Gasteiger partial charge on any atom is 0.573 e. The van der Waals surface area contributed by atoms with Gasteiger partial charge in [0.1, 0.15) is 11.5 Å². The van der Waals surface area contributed by atoms with Gasteiger partial charge in [-0.1, -0.05) is 18.2 Å². The van der Waals surface area contributed by atoms with Crippen molar-refractivity contribution in [2.24, 2.45) is 0 Å². The predicted octanol–water partition coefficient (Wildman–Crippen LogP) is 5.26. The Morgan fingerprint density at radius 1 is 1.09 bits per heavy atom. The van der Waals surface area contributed by atoms with Crippen molar-refractivity contribution in [3.63, 3.8) is 0 Å². The van der Waals surface area contributed by atoms with E-state index in [0.717, 1.165) is 11.3 Å². The van der Waals surface area contributed by atoms with Crippen molar-refractivity contribution >= 4 is 17.5 Å². The molecule has 4 rings (SSSR count). The van der Waals surface area contributed by atoms with Crippen LogP contribution in [0, 0.1) is 0 Å². The van der Waals surface area contributed by atoms with E-state index in [0.29, 0.717) is 31.2 Å². The second-order valence-electron chi connectivity index (χ2n) is 7.86. The quantitative estimate of drug-likeness (QED) is 0.528. The van der Waals surface area contributed by atoms with Crippen molar-refractivity contribution < 1.29 is 27.4 Å². The lowest BCUT2D eigenvalue weighted by Gasteiger charge is -2.22. The van der Waals surface area contributed by atoms with Gasteiger partial charge in [-0.3, -0.25) is 15.2 Å². The zero-order valence-electron chi connectivity index (χ0n) is 18.3. The molecule has 1 aromatic heterocycles. The second kappa shape index (κ2) is 10.0. The standard InChI is InChI=1S/C24H23F3N4O3/c1-17-14-31(19-7-9-21(10-8-19)34-24(25,26)27)16-30(17)15-18-11-12-28-13-22(18)29-23(32)33-20-5-3-2-4-6-20/h2-13,17H,14-16H2,1H3,(H,29,32). The molecule has 1 unspecified atom stereocenters. The number of halogens is 3. The molecule has 3 aromatic rings. The highest BCUT2D eigenvalue weighted by Crippen LogP contribution is 2.29. The van der Waals surface area contributed by atoms with Crippen LogP contribution in [0.1, 0.15) is 12.5 Å². The average molecular weight is 472 g/mol. The number of ether oxygens (including phenoxy) is 2. The molecule has 1 amide bonds. The lowest BCUT2D eigenvalue weighted by Crippen LogP contribution is -2.29. The zero-order chi connectivity index (χ0) is 24.1. The number of carbonyl (C=O) groups is 1. The zero-order valence-corrected chi connectivity index (χ0v) is 18.3. The van der Waals surface area contributed by atoms with Gasteiger partial charge in [0.05, 0.1) is 18.6 Å². The first-order valence-electron chi connectivity index (χ1n) is 10.6. The molecule has 0 bridgehead atoms. The van der Waals surface area contributed by atoms with E-state index in [4.69, 9.17) is 4.74 Å². The molecule has 0 spiro atoms. The molecule has 10 heteroatoms. The molecule has 178 valence electrons. The van der Waals surface area contributed by atoms with E-state index in [9.17, 15) is 18.0 Å². The third-order valence-corrected chi connectivity index (χ3v) is 5.37. The Labute approximate surface area is 194 Å². The first-order chi connectivity index (χ1) is 16.3. The van der Waals surface area contributed by atoms with Crippen LogP contribution in [0.3, 0.4) is 0 Å². The Hall–Kier alpha value is -3.79. The summed E-state index contributed by atoms with van der Waals surface area (Å²) in [5.74, 6) is 0.177. The molecule has 1 fully saturated rings. The number of nitrogens with one attached hydrogen (secondary N) is 1. The van der Waals surface area contributed by atoms with Gasteiger partial charge in [-0.15, -0.1) is 13.2 Å². The summed E-state index contributed by atoms with van der Waals surface area (Å²) in [6.07, 6.45) is -2.11. The number of aromatic nitrogens is 1. The number of amides is 1. The molecule has 2 heterocycles. The van der Waals surface area contributed by atoms with Gasteiger partial charge in [0.15, 0.2) is 0 Å². The highest BCUT2D eigenvalue weighted by molar-refractivity contribution is 5.87. The fourth-order valence-corrected chi connectivity index (χ4v) is 3.73. The minimum Gasteiger partial charge on any atom is -0.410 e. The van der Waals surface area contributed by atoms with Crippen molar-refractivity contribution in [2.75, 3.05) is 23.4 Å². The van der Waals surface area contributed by atoms with E-state index >= 15 is 0 Å². The fourth-order valence-electron chi connectivity index (χ4n) is 3.73. The molecule has 2 aromatic carbocycles. The van der Waals surface area contributed by atoms with E-state index in [2.05, 4.69) is 31.8 Å². The number of pyridine rings is 1. The summed E-state index contributed by atoms with van der Waals surface area (Å²) in [5.41, 5.74) is 2.20. The van der Waals surface area contributed by atoms with Crippen LogP contribution in [0.25, 0.3) is 0 Å². The predicted molar refractivity (Wildman–Crippen MR) is 121 cm³/mol. The molecule has 1 atom stereocenters. The molecule has 0 saturated carbocycles. The molecular weight excluding hydrogens is 449 g/mol. The van der Waals surface area contributed by atoms with Crippen LogP contribution in [0.15, 0.2) is 73.1 Å². The van der Waals surface area contributed by atoms with E-state index < -0.39 is 12.5 Å². The van der Waals surface area contributed by atoms with Gasteiger partial charge < -0.3 is 14.4 Å². The van der Waals surface area contributed by atoms with Crippen molar-refractivity contribution in [1.82, 2.24) is 9.88 Å². The topological polar surface area (TPSA) is 66.9 Å². The van der Waals surface area contributed by atoms with Crippen molar-refractivity contribution in [3.05, 3.63) is 78.6 Å². The maximum absolute atomic E-state index is 12.4. The summed E-state index contributed by atoms with van der Waals surface area (Å²) in [5, 5.41) is 2.75. The van der Waals surface area contributed by atoms with Gasteiger partial charge in [-0.25, -0.2) is 4.79 Å².